The number of aliphatic hydroxyl groups excluding tert-OH is 1. The summed E-state index contributed by atoms with van der Waals surface area (Å²) in [5, 5.41) is 12.3. The number of halogens is 2. The molecular weight excluding hydrogens is 300 g/mol. The third-order valence-electron chi connectivity index (χ3n) is 3.48. The van der Waals surface area contributed by atoms with E-state index in [1.54, 1.807) is 12.1 Å². The molecule has 0 radical (unpaired) electrons. The van der Waals surface area contributed by atoms with Crippen molar-refractivity contribution in [2.24, 2.45) is 0 Å². The number of thioether (sulfide) groups is 1. The van der Waals surface area contributed by atoms with Crippen LogP contribution in [0.1, 0.15) is 23.2 Å². The Kier molecular flexibility index (Phi) is 5.55. The first-order valence-electron chi connectivity index (χ1n) is 6.61. The third kappa shape index (κ3) is 4.15. The van der Waals surface area contributed by atoms with E-state index in [4.69, 9.17) is 4.74 Å². The van der Waals surface area contributed by atoms with Crippen molar-refractivity contribution < 1.29 is 23.4 Å². The molecule has 0 unspecified atom stereocenters. The summed E-state index contributed by atoms with van der Waals surface area (Å²) < 4.78 is 30.3. The van der Waals surface area contributed by atoms with Gasteiger partial charge in [-0.3, -0.25) is 4.79 Å². The standard InChI is InChI=1S/C14H17F2NO3S/c15-13(16)21-11-4-2-1-3-10(11)12(19)17-14(9-18)5-7-20-8-6-14/h1-4,13,18H,5-9H2,(H,17,19). The number of alkyl halides is 2. The number of hydrogen-bond donors (Lipinski definition) is 2. The number of nitrogens with one attached hydrogen (secondary N) is 1. The van der Waals surface area contributed by atoms with Gasteiger partial charge in [0.25, 0.3) is 11.7 Å². The molecule has 1 aromatic rings. The van der Waals surface area contributed by atoms with Gasteiger partial charge in [-0.15, -0.1) is 0 Å². The van der Waals surface area contributed by atoms with E-state index in [-0.39, 0.29) is 17.1 Å². The smallest absolute Gasteiger partial charge is 0.288 e. The van der Waals surface area contributed by atoms with Gasteiger partial charge in [0.2, 0.25) is 0 Å². The van der Waals surface area contributed by atoms with Crippen molar-refractivity contribution in [3.05, 3.63) is 29.8 Å². The fraction of sp³-hybridized carbons (Fsp3) is 0.500. The van der Waals surface area contributed by atoms with E-state index in [1.807, 2.05) is 0 Å². The van der Waals surface area contributed by atoms with Crippen LogP contribution in [-0.4, -0.2) is 42.1 Å². The van der Waals surface area contributed by atoms with Gasteiger partial charge >= 0.3 is 0 Å². The number of benzene rings is 1. The van der Waals surface area contributed by atoms with Crippen molar-refractivity contribution in [2.45, 2.75) is 29.0 Å². The molecule has 2 N–H and O–H groups in total. The molecule has 0 atom stereocenters. The van der Waals surface area contributed by atoms with E-state index in [9.17, 15) is 18.7 Å². The molecule has 1 aromatic carbocycles. The second-order valence-electron chi connectivity index (χ2n) is 4.88. The molecule has 1 heterocycles. The van der Waals surface area contributed by atoms with Crippen LogP contribution in [0.15, 0.2) is 29.2 Å². The molecule has 1 saturated heterocycles. The number of carbonyl (C=O) groups excluding carboxylic acids is 1. The van der Waals surface area contributed by atoms with E-state index >= 15 is 0 Å². The normalized spacial score (nSPS) is 17.7. The van der Waals surface area contributed by atoms with Gasteiger partial charge in [-0.05, 0) is 25.0 Å². The van der Waals surface area contributed by atoms with Gasteiger partial charge < -0.3 is 15.2 Å². The average Bonchev–Trinajstić information content (AvgIpc) is 2.48. The van der Waals surface area contributed by atoms with E-state index in [0.717, 1.165) is 0 Å². The van der Waals surface area contributed by atoms with Gasteiger partial charge in [0.15, 0.2) is 0 Å². The lowest BCUT2D eigenvalue weighted by atomic mass is 9.90. The molecule has 7 heteroatoms. The lowest BCUT2D eigenvalue weighted by molar-refractivity contribution is 0.0125. The predicted molar refractivity (Wildman–Crippen MR) is 75.6 cm³/mol. The molecule has 1 fully saturated rings. The Hall–Kier alpha value is -1.18. The monoisotopic (exact) mass is 317 g/mol. The summed E-state index contributed by atoms with van der Waals surface area (Å²) in [6, 6.07) is 6.23. The minimum absolute atomic E-state index is 0.196. The van der Waals surface area contributed by atoms with Crippen molar-refractivity contribution in [1.82, 2.24) is 5.32 Å². The molecule has 116 valence electrons. The first kappa shape index (κ1) is 16.2. The largest absolute Gasteiger partial charge is 0.394 e. The Morgan fingerprint density at radius 1 is 1.38 bits per heavy atom. The Bertz CT molecular complexity index is 493. The SMILES string of the molecule is O=C(NC1(CO)CCOCC1)c1ccccc1SC(F)F. The van der Waals surface area contributed by atoms with Gasteiger partial charge in [-0.2, -0.15) is 8.78 Å². The lowest BCUT2D eigenvalue weighted by Crippen LogP contribution is -2.54. The maximum atomic E-state index is 12.5. The van der Waals surface area contributed by atoms with Crippen molar-refractivity contribution >= 4 is 17.7 Å². The highest BCUT2D eigenvalue weighted by atomic mass is 32.2. The minimum atomic E-state index is -2.59. The van der Waals surface area contributed by atoms with Crippen LogP contribution in [-0.2, 0) is 4.74 Å². The lowest BCUT2D eigenvalue weighted by Gasteiger charge is -2.36. The molecule has 2 rings (SSSR count). The summed E-state index contributed by atoms with van der Waals surface area (Å²) in [4.78, 5) is 12.6. The van der Waals surface area contributed by atoms with Crippen LogP contribution in [0.4, 0.5) is 8.78 Å². The number of aliphatic hydroxyl groups is 1. The second-order valence-corrected chi connectivity index (χ2v) is 5.91. The molecule has 21 heavy (non-hydrogen) atoms. The molecule has 0 saturated carbocycles. The molecule has 4 nitrogen and oxygen atoms in total. The summed E-state index contributed by atoms with van der Waals surface area (Å²) in [6.07, 6.45) is 0.999. The van der Waals surface area contributed by atoms with E-state index in [1.165, 1.54) is 12.1 Å². The van der Waals surface area contributed by atoms with Crippen molar-refractivity contribution in [2.75, 3.05) is 19.8 Å². The highest BCUT2D eigenvalue weighted by molar-refractivity contribution is 7.99. The predicted octanol–water partition coefficient (Wildman–Crippen LogP) is 2.27. The molecule has 0 aromatic heterocycles. The Morgan fingerprint density at radius 2 is 2.05 bits per heavy atom. The number of amides is 1. The van der Waals surface area contributed by atoms with Crippen LogP contribution in [0.25, 0.3) is 0 Å². The molecule has 0 spiro atoms. The quantitative estimate of drug-likeness (QED) is 0.818. The number of carbonyl (C=O) groups is 1. The first-order chi connectivity index (χ1) is 10.1. The Labute approximate surface area is 125 Å². The van der Waals surface area contributed by atoms with Crippen LogP contribution in [0.3, 0.4) is 0 Å². The summed E-state index contributed by atoms with van der Waals surface area (Å²) in [5.41, 5.74) is -0.542. The maximum absolute atomic E-state index is 12.5. The van der Waals surface area contributed by atoms with Crippen LogP contribution >= 0.6 is 11.8 Å². The maximum Gasteiger partial charge on any atom is 0.288 e. The van der Waals surface area contributed by atoms with Gasteiger partial charge in [0, 0.05) is 18.1 Å². The van der Waals surface area contributed by atoms with Crippen LogP contribution in [0.2, 0.25) is 0 Å². The topological polar surface area (TPSA) is 58.6 Å². The van der Waals surface area contributed by atoms with Gasteiger partial charge in [0.1, 0.15) is 0 Å². The number of rotatable bonds is 5. The molecular formula is C14H17F2NO3S. The van der Waals surface area contributed by atoms with Crippen LogP contribution in [0, 0.1) is 0 Å². The molecule has 1 aliphatic heterocycles. The highest BCUT2D eigenvalue weighted by Crippen LogP contribution is 2.29. The van der Waals surface area contributed by atoms with Gasteiger partial charge in [-0.25, -0.2) is 0 Å². The van der Waals surface area contributed by atoms with E-state index in [0.29, 0.717) is 37.8 Å². The zero-order valence-corrected chi connectivity index (χ0v) is 12.2. The first-order valence-corrected chi connectivity index (χ1v) is 7.49. The molecule has 1 aliphatic rings. The number of hydrogen-bond acceptors (Lipinski definition) is 4. The van der Waals surface area contributed by atoms with Gasteiger partial charge in [-0.1, -0.05) is 23.9 Å². The zero-order chi connectivity index (χ0) is 15.3. The number of ether oxygens (including phenoxy) is 1. The zero-order valence-electron chi connectivity index (χ0n) is 11.4. The highest BCUT2D eigenvalue weighted by Gasteiger charge is 2.34. The Morgan fingerprint density at radius 3 is 2.67 bits per heavy atom. The summed E-state index contributed by atoms with van der Waals surface area (Å²) >= 11 is 0.341. The minimum Gasteiger partial charge on any atom is -0.394 e. The summed E-state index contributed by atoms with van der Waals surface area (Å²) in [5.74, 6) is -3.04. The molecule has 0 aliphatic carbocycles. The fourth-order valence-corrected chi connectivity index (χ4v) is 2.88. The molecule has 1 amide bonds. The Balaban J connectivity index is 2.16. The van der Waals surface area contributed by atoms with Crippen LogP contribution < -0.4 is 5.32 Å². The van der Waals surface area contributed by atoms with E-state index in [2.05, 4.69) is 5.32 Å². The van der Waals surface area contributed by atoms with Crippen molar-refractivity contribution in [3.8, 4) is 0 Å². The van der Waals surface area contributed by atoms with E-state index < -0.39 is 17.2 Å². The summed E-state index contributed by atoms with van der Waals surface area (Å²) in [6.45, 7) is 0.703. The fourth-order valence-electron chi connectivity index (χ4n) is 2.25. The second kappa shape index (κ2) is 7.20. The average molecular weight is 317 g/mol. The summed E-state index contributed by atoms with van der Waals surface area (Å²) in [7, 11) is 0. The van der Waals surface area contributed by atoms with Crippen molar-refractivity contribution in [3.63, 3.8) is 0 Å². The molecule has 0 bridgehead atoms. The van der Waals surface area contributed by atoms with Crippen molar-refractivity contribution in [1.29, 1.82) is 0 Å². The third-order valence-corrected chi connectivity index (χ3v) is 4.27. The van der Waals surface area contributed by atoms with Crippen LogP contribution in [0.5, 0.6) is 0 Å². The van der Waals surface area contributed by atoms with Gasteiger partial charge in [0.05, 0.1) is 17.7 Å².